The van der Waals surface area contributed by atoms with E-state index in [1.54, 1.807) is 16.7 Å². The molecule has 3 aromatic heterocycles. The van der Waals surface area contributed by atoms with Gasteiger partial charge in [0.1, 0.15) is 17.5 Å². The van der Waals surface area contributed by atoms with Crippen molar-refractivity contribution >= 4 is 32.4 Å². The SMILES string of the molecule is C[C@H](Nc1nc(N)ncc1C#N)c1cc2cccc(-c3cncc(S(C)(=O)=O)c3)c2c(=O)n1-c1ccccc1. The van der Waals surface area contributed by atoms with Crippen molar-refractivity contribution in [2.45, 2.75) is 17.9 Å². The van der Waals surface area contributed by atoms with E-state index in [-0.39, 0.29) is 27.8 Å². The number of nitrogens with one attached hydrogen (secondary N) is 1. The molecule has 3 N–H and O–H groups in total. The summed E-state index contributed by atoms with van der Waals surface area (Å²) in [7, 11) is -3.50. The molecule has 5 rings (SSSR count). The summed E-state index contributed by atoms with van der Waals surface area (Å²) in [5, 5.41) is 13.8. The Bertz CT molecular complexity index is 1930. The molecule has 0 aliphatic carbocycles. The summed E-state index contributed by atoms with van der Waals surface area (Å²) < 4.78 is 25.9. The van der Waals surface area contributed by atoms with E-state index in [4.69, 9.17) is 5.73 Å². The molecule has 194 valence electrons. The Labute approximate surface area is 224 Å². The van der Waals surface area contributed by atoms with Crippen LogP contribution in [-0.2, 0) is 9.84 Å². The van der Waals surface area contributed by atoms with E-state index < -0.39 is 15.9 Å². The lowest BCUT2D eigenvalue weighted by molar-refractivity contribution is 0.601. The van der Waals surface area contributed by atoms with Gasteiger partial charge in [-0.1, -0.05) is 36.4 Å². The number of rotatable bonds is 6. The van der Waals surface area contributed by atoms with Crippen LogP contribution in [0.2, 0.25) is 0 Å². The number of nitrogen functional groups attached to an aromatic ring is 1. The Balaban J connectivity index is 1.76. The lowest BCUT2D eigenvalue weighted by atomic mass is 9.99. The lowest BCUT2D eigenvalue weighted by Gasteiger charge is -2.22. The summed E-state index contributed by atoms with van der Waals surface area (Å²) in [6.45, 7) is 1.85. The van der Waals surface area contributed by atoms with Crippen LogP contribution < -0.4 is 16.6 Å². The van der Waals surface area contributed by atoms with Gasteiger partial charge < -0.3 is 11.1 Å². The number of nitrogens with two attached hydrogens (primary N) is 1. The first-order chi connectivity index (χ1) is 18.7. The molecule has 0 saturated heterocycles. The third-order valence-electron chi connectivity index (χ3n) is 6.27. The van der Waals surface area contributed by atoms with E-state index in [9.17, 15) is 18.5 Å². The van der Waals surface area contributed by atoms with Gasteiger partial charge in [-0.05, 0) is 42.1 Å². The maximum Gasteiger partial charge on any atom is 0.263 e. The number of benzene rings is 2. The molecular formula is C28H23N7O3S. The third-order valence-corrected chi connectivity index (χ3v) is 7.35. The number of fused-ring (bicyclic) bond motifs is 1. The second kappa shape index (κ2) is 10.00. The van der Waals surface area contributed by atoms with Gasteiger partial charge in [-0.25, -0.2) is 13.4 Å². The molecule has 3 heterocycles. The van der Waals surface area contributed by atoms with Gasteiger partial charge in [-0.2, -0.15) is 10.2 Å². The summed E-state index contributed by atoms with van der Waals surface area (Å²) >= 11 is 0. The number of hydrogen-bond acceptors (Lipinski definition) is 9. The minimum Gasteiger partial charge on any atom is -0.368 e. The van der Waals surface area contributed by atoms with Crippen molar-refractivity contribution in [1.82, 2.24) is 19.5 Å². The van der Waals surface area contributed by atoms with E-state index in [1.165, 1.54) is 24.7 Å². The normalized spacial score (nSPS) is 12.1. The van der Waals surface area contributed by atoms with Gasteiger partial charge in [0.15, 0.2) is 9.84 Å². The van der Waals surface area contributed by atoms with Crippen LogP contribution in [-0.4, -0.2) is 34.2 Å². The number of nitrogens with zero attached hydrogens (tertiary/aromatic N) is 5. The Hall–Kier alpha value is -5.08. The minimum atomic E-state index is -3.50. The molecule has 10 nitrogen and oxygen atoms in total. The zero-order valence-electron chi connectivity index (χ0n) is 21.0. The summed E-state index contributed by atoms with van der Waals surface area (Å²) in [5.74, 6) is 0.263. The molecule has 0 aliphatic heterocycles. The van der Waals surface area contributed by atoms with E-state index >= 15 is 0 Å². The molecule has 0 amide bonds. The first kappa shape index (κ1) is 25.6. The molecule has 0 fully saturated rings. The Morgan fingerprint density at radius 3 is 2.54 bits per heavy atom. The van der Waals surface area contributed by atoms with Crippen LogP contribution >= 0.6 is 0 Å². The van der Waals surface area contributed by atoms with Crippen molar-refractivity contribution in [3.63, 3.8) is 0 Å². The van der Waals surface area contributed by atoms with Crippen LogP contribution in [0.4, 0.5) is 11.8 Å². The van der Waals surface area contributed by atoms with Gasteiger partial charge >= 0.3 is 0 Å². The minimum absolute atomic E-state index is 0.0113. The lowest BCUT2D eigenvalue weighted by Crippen LogP contribution is -2.26. The first-order valence-corrected chi connectivity index (χ1v) is 13.7. The summed E-state index contributed by atoms with van der Waals surface area (Å²) in [6.07, 6.45) is 5.28. The zero-order chi connectivity index (χ0) is 27.7. The predicted molar refractivity (Wildman–Crippen MR) is 149 cm³/mol. The topological polar surface area (TPSA) is 157 Å². The fourth-order valence-electron chi connectivity index (χ4n) is 4.42. The number of sulfone groups is 1. The van der Waals surface area contributed by atoms with Crippen LogP contribution in [0, 0.1) is 11.3 Å². The molecule has 1 atom stereocenters. The molecular weight excluding hydrogens is 514 g/mol. The van der Waals surface area contributed by atoms with E-state index in [2.05, 4.69) is 20.3 Å². The fourth-order valence-corrected chi connectivity index (χ4v) is 5.01. The van der Waals surface area contributed by atoms with Gasteiger partial charge in [0.05, 0.1) is 22.5 Å². The van der Waals surface area contributed by atoms with Gasteiger partial charge in [-0.15, -0.1) is 0 Å². The average molecular weight is 538 g/mol. The van der Waals surface area contributed by atoms with Gasteiger partial charge in [0.25, 0.3) is 5.56 Å². The Morgan fingerprint density at radius 1 is 1.05 bits per heavy atom. The van der Waals surface area contributed by atoms with Gasteiger partial charge in [-0.3, -0.25) is 14.3 Å². The standard InChI is InChI=1S/C28H23N7O3S/c1-17(33-26-20(13-29)15-32-28(30)34-26)24-12-18-7-6-10-23(19-11-22(16-31-14-19)39(2,37)38)25(18)27(36)35(24)21-8-4-3-5-9-21/h3-12,14-17H,1-2H3,(H3,30,32,33,34)/t17-/m0/s1. The van der Waals surface area contributed by atoms with E-state index in [0.29, 0.717) is 33.3 Å². The molecule has 0 radical (unpaired) electrons. The number of anilines is 2. The maximum atomic E-state index is 14.3. The number of hydrogen-bond donors (Lipinski definition) is 2. The second-order valence-corrected chi connectivity index (χ2v) is 11.0. The number of aromatic nitrogens is 4. The molecule has 0 bridgehead atoms. The van der Waals surface area contributed by atoms with Crippen LogP contribution in [0.5, 0.6) is 0 Å². The predicted octanol–water partition coefficient (Wildman–Crippen LogP) is 3.87. The van der Waals surface area contributed by atoms with Crippen LogP contribution in [0.1, 0.15) is 24.2 Å². The van der Waals surface area contributed by atoms with E-state index in [1.807, 2.05) is 55.5 Å². The quantitative estimate of drug-likeness (QED) is 0.328. The number of pyridine rings is 2. The zero-order valence-corrected chi connectivity index (χ0v) is 21.8. The van der Waals surface area contributed by atoms with Crippen LogP contribution in [0.3, 0.4) is 0 Å². The highest BCUT2D eigenvalue weighted by Gasteiger charge is 2.21. The highest BCUT2D eigenvalue weighted by molar-refractivity contribution is 7.90. The van der Waals surface area contributed by atoms with Crippen molar-refractivity contribution in [3.8, 4) is 22.9 Å². The summed E-state index contributed by atoms with van der Waals surface area (Å²) in [4.78, 5) is 26.5. The van der Waals surface area contributed by atoms with Crippen LogP contribution in [0.15, 0.2) is 88.9 Å². The molecule has 0 aliphatic rings. The van der Waals surface area contributed by atoms with E-state index in [0.717, 1.165) is 6.26 Å². The highest BCUT2D eigenvalue weighted by Crippen LogP contribution is 2.31. The Kier molecular flexibility index (Phi) is 6.55. The summed E-state index contributed by atoms with van der Waals surface area (Å²) in [5.41, 5.74) is 7.98. The molecule has 0 spiro atoms. The molecule has 39 heavy (non-hydrogen) atoms. The van der Waals surface area contributed by atoms with Crippen molar-refractivity contribution < 1.29 is 8.42 Å². The molecule has 5 aromatic rings. The average Bonchev–Trinajstić information content (AvgIpc) is 2.93. The summed E-state index contributed by atoms with van der Waals surface area (Å²) in [6, 6.07) is 19.5. The number of para-hydroxylation sites is 1. The molecule has 0 saturated carbocycles. The first-order valence-electron chi connectivity index (χ1n) is 11.9. The largest absolute Gasteiger partial charge is 0.368 e. The number of nitriles is 1. The second-order valence-electron chi connectivity index (χ2n) is 8.96. The maximum absolute atomic E-state index is 14.3. The fraction of sp³-hybridized carbons (Fsp3) is 0.107. The van der Waals surface area contributed by atoms with Crippen molar-refractivity contribution in [2.75, 3.05) is 17.3 Å². The van der Waals surface area contributed by atoms with Crippen molar-refractivity contribution in [1.29, 1.82) is 5.26 Å². The van der Waals surface area contributed by atoms with Crippen LogP contribution in [0.25, 0.3) is 27.6 Å². The highest BCUT2D eigenvalue weighted by atomic mass is 32.2. The smallest absolute Gasteiger partial charge is 0.263 e. The van der Waals surface area contributed by atoms with Crippen molar-refractivity contribution in [3.05, 3.63) is 101 Å². The molecule has 2 aromatic carbocycles. The van der Waals surface area contributed by atoms with Crippen molar-refractivity contribution in [2.24, 2.45) is 0 Å². The molecule has 11 heteroatoms. The monoisotopic (exact) mass is 537 g/mol. The van der Waals surface area contributed by atoms with Gasteiger partial charge in [0, 0.05) is 35.6 Å². The van der Waals surface area contributed by atoms with Gasteiger partial charge in [0.2, 0.25) is 5.95 Å². The Morgan fingerprint density at radius 2 is 1.82 bits per heavy atom. The third kappa shape index (κ3) is 4.93. The molecule has 0 unspecified atom stereocenters.